The molecule has 1 rings (SSSR count). The van der Waals surface area contributed by atoms with Crippen LogP contribution in [0, 0.1) is 0 Å². The van der Waals surface area contributed by atoms with Crippen molar-refractivity contribution in [1.82, 2.24) is 0 Å². The van der Waals surface area contributed by atoms with E-state index in [2.05, 4.69) is 0 Å². The van der Waals surface area contributed by atoms with Crippen LogP contribution in [0.5, 0.6) is 0 Å². The molecule has 4 heteroatoms. The van der Waals surface area contributed by atoms with E-state index < -0.39 is 19.3 Å². The van der Waals surface area contributed by atoms with Crippen molar-refractivity contribution in [2.45, 2.75) is 13.3 Å². The Morgan fingerprint density at radius 1 is 1.23 bits per heavy atom. The van der Waals surface area contributed by atoms with E-state index in [0.29, 0.717) is 0 Å². The summed E-state index contributed by atoms with van der Waals surface area (Å²) in [6.07, 6.45) is 0. The summed E-state index contributed by atoms with van der Waals surface area (Å²) < 4.78 is 24.4. The van der Waals surface area contributed by atoms with E-state index in [4.69, 9.17) is 5.11 Å². The van der Waals surface area contributed by atoms with Crippen molar-refractivity contribution in [3.8, 4) is 0 Å². The molecule has 0 bridgehead atoms. The lowest BCUT2D eigenvalue weighted by molar-refractivity contribution is 0.0696. The third kappa shape index (κ3) is 2.02. The number of aromatic carboxylic acids is 1. The minimum absolute atomic E-state index is 0.0233. The second-order valence-corrected chi connectivity index (χ2v) is 2.56. The summed E-state index contributed by atoms with van der Waals surface area (Å²) in [4.78, 5) is 10.5. The number of carboxylic acids is 1. The van der Waals surface area contributed by atoms with Crippen LogP contribution >= 0.6 is 0 Å². The lowest BCUT2D eigenvalue weighted by Crippen LogP contribution is -1.99. The molecular weight excluding hydrogens is 178 g/mol. The SMILES string of the molecule is O=C(O)c1ccc(CF)c(CF)c1. The molecule has 1 aromatic carbocycles. The largest absolute Gasteiger partial charge is 0.478 e. The first-order chi connectivity index (χ1) is 6.19. The molecule has 0 aliphatic rings. The highest BCUT2D eigenvalue weighted by Gasteiger charge is 2.07. The van der Waals surface area contributed by atoms with Gasteiger partial charge in [-0.1, -0.05) is 6.07 Å². The molecule has 0 spiro atoms. The fourth-order valence-corrected chi connectivity index (χ4v) is 1.01. The molecule has 0 saturated heterocycles. The number of rotatable bonds is 3. The molecule has 70 valence electrons. The molecule has 1 aromatic rings. The van der Waals surface area contributed by atoms with Crippen molar-refractivity contribution in [3.63, 3.8) is 0 Å². The molecule has 1 N–H and O–H groups in total. The van der Waals surface area contributed by atoms with Gasteiger partial charge in [-0.2, -0.15) is 0 Å². The van der Waals surface area contributed by atoms with Crippen molar-refractivity contribution in [3.05, 3.63) is 34.9 Å². The highest BCUT2D eigenvalue weighted by molar-refractivity contribution is 5.87. The van der Waals surface area contributed by atoms with Gasteiger partial charge in [-0.15, -0.1) is 0 Å². The molecule has 0 amide bonds. The molecule has 0 unspecified atom stereocenters. The quantitative estimate of drug-likeness (QED) is 0.786. The molecule has 0 atom stereocenters. The van der Waals surface area contributed by atoms with Gasteiger partial charge in [0.15, 0.2) is 0 Å². The average molecular weight is 186 g/mol. The third-order valence-corrected chi connectivity index (χ3v) is 1.74. The van der Waals surface area contributed by atoms with Crippen LogP contribution in [-0.2, 0) is 13.3 Å². The Morgan fingerprint density at radius 2 is 1.85 bits per heavy atom. The Bertz CT molecular complexity index is 323. The number of alkyl halides is 2. The van der Waals surface area contributed by atoms with Gasteiger partial charge in [0.05, 0.1) is 5.56 Å². The van der Waals surface area contributed by atoms with Crippen LogP contribution in [0.3, 0.4) is 0 Å². The molecule has 0 radical (unpaired) electrons. The molecule has 0 heterocycles. The van der Waals surface area contributed by atoms with Crippen molar-refractivity contribution >= 4 is 5.97 Å². The Morgan fingerprint density at radius 3 is 2.31 bits per heavy atom. The van der Waals surface area contributed by atoms with E-state index in [1.807, 2.05) is 0 Å². The van der Waals surface area contributed by atoms with Crippen LogP contribution in [-0.4, -0.2) is 11.1 Å². The maximum atomic E-state index is 12.3. The van der Waals surface area contributed by atoms with Crippen LogP contribution in [0.15, 0.2) is 18.2 Å². The van der Waals surface area contributed by atoms with Crippen LogP contribution in [0.1, 0.15) is 21.5 Å². The molecule has 0 aromatic heterocycles. The first-order valence-electron chi connectivity index (χ1n) is 3.66. The van der Waals surface area contributed by atoms with Gasteiger partial charge in [0, 0.05) is 0 Å². The number of hydrogen-bond acceptors (Lipinski definition) is 1. The van der Waals surface area contributed by atoms with Gasteiger partial charge < -0.3 is 5.11 Å². The molecule has 13 heavy (non-hydrogen) atoms. The van der Waals surface area contributed by atoms with Crippen LogP contribution < -0.4 is 0 Å². The van der Waals surface area contributed by atoms with E-state index in [0.717, 1.165) is 6.07 Å². The van der Waals surface area contributed by atoms with E-state index in [-0.39, 0.29) is 16.7 Å². The second kappa shape index (κ2) is 3.98. The monoisotopic (exact) mass is 186 g/mol. The second-order valence-electron chi connectivity index (χ2n) is 2.56. The number of carbonyl (C=O) groups is 1. The van der Waals surface area contributed by atoms with Gasteiger partial charge in [0.1, 0.15) is 13.3 Å². The minimum Gasteiger partial charge on any atom is -0.478 e. The van der Waals surface area contributed by atoms with Crippen molar-refractivity contribution < 1.29 is 18.7 Å². The third-order valence-electron chi connectivity index (χ3n) is 1.74. The highest BCUT2D eigenvalue weighted by atomic mass is 19.1. The van der Waals surface area contributed by atoms with Crippen molar-refractivity contribution in [1.29, 1.82) is 0 Å². The zero-order valence-corrected chi connectivity index (χ0v) is 6.76. The van der Waals surface area contributed by atoms with Crippen molar-refractivity contribution in [2.24, 2.45) is 0 Å². The first kappa shape index (κ1) is 9.64. The lowest BCUT2D eigenvalue weighted by atomic mass is 10.1. The molecular formula is C9H8F2O2. The number of halogens is 2. The van der Waals surface area contributed by atoms with E-state index in [9.17, 15) is 13.6 Å². The van der Waals surface area contributed by atoms with Gasteiger partial charge in [0.2, 0.25) is 0 Å². The van der Waals surface area contributed by atoms with Gasteiger partial charge in [-0.3, -0.25) is 0 Å². The number of hydrogen-bond donors (Lipinski definition) is 1. The van der Waals surface area contributed by atoms with E-state index in [1.165, 1.54) is 12.1 Å². The maximum Gasteiger partial charge on any atom is 0.335 e. The van der Waals surface area contributed by atoms with Gasteiger partial charge in [-0.25, -0.2) is 13.6 Å². The Kier molecular flexibility index (Phi) is 2.95. The molecule has 0 aliphatic carbocycles. The smallest absolute Gasteiger partial charge is 0.335 e. The predicted octanol–water partition coefficient (Wildman–Crippen LogP) is 2.32. The first-order valence-corrected chi connectivity index (χ1v) is 3.66. The molecule has 0 fully saturated rings. The predicted molar refractivity (Wildman–Crippen MR) is 43.0 cm³/mol. The average Bonchev–Trinajstić information content (AvgIpc) is 2.16. The Balaban J connectivity index is 3.13. The summed E-state index contributed by atoms with van der Waals surface area (Å²) in [5.41, 5.74) is 0.278. The summed E-state index contributed by atoms with van der Waals surface area (Å²) in [7, 11) is 0. The summed E-state index contributed by atoms with van der Waals surface area (Å²) in [5.74, 6) is -1.14. The Labute approximate surface area is 73.8 Å². The summed E-state index contributed by atoms with van der Waals surface area (Å²) in [6, 6.07) is 3.70. The molecule has 0 saturated carbocycles. The zero-order chi connectivity index (χ0) is 9.84. The van der Waals surface area contributed by atoms with Crippen LogP contribution in [0.25, 0.3) is 0 Å². The summed E-state index contributed by atoms with van der Waals surface area (Å²) >= 11 is 0. The standard InChI is InChI=1S/C9H8F2O2/c10-4-7-2-1-6(9(12)13)3-8(7)5-11/h1-3H,4-5H2,(H,12,13). The van der Waals surface area contributed by atoms with E-state index >= 15 is 0 Å². The summed E-state index contributed by atoms with van der Waals surface area (Å²) in [5, 5.41) is 8.55. The molecule has 0 aliphatic heterocycles. The fourth-order valence-electron chi connectivity index (χ4n) is 1.01. The van der Waals surface area contributed by atoms with Gasteiger partial charge in [-0.05, 0) is 23.3 Å². The number of carboxylic acid groups (broad SMARTS) is 1. The zero-order valence-electron chi connectivity index (χ0n) is 6.76. The fraction of sp³-hybridized carbons (Fsp3) is 0.222. The van der Waals surface area contributed by atoms with Gasteiger partial charge >= 0.3 is 5.97 Å². The minimum atomic E-state index is -1.14. The Hall–Kier alpha value is -1.45. The maximum absolute atomic E-state index is 12.3. The normalized spacial score (nSPS) is 10.0. The number of benzene rings is 1. The van der Waals surface area contributed by atoms with E-state index in [1.54, 1.807) is 0 Å². The van der Waals surface area contributed by atoms with Gasteiger partial charge in [0.25, 0.3) is 0 Å². The lowest BCUT2D eigenvalue weighted by Gasteiger charge is -2.03. The van der Waals surface area contributed by atoms with Crippen LogP contribution in [0.4, 0.5) is 8.78 Å². The highest BCUT2D eigenvalue weighted by Crippen LogP contribution is 2.14. The topological polar surface area (TPSA) is 37.3 Å². The molecule has 2 nitrogen and oxygen atoms in total. The van der Waals surface area contributed by atoms with Crippen LogP contribution in [0.2, 0.25) is 0 Å². The van der Waals surface area contributed by atoms with Crippen molar-refractivity contribution in [2.75, 3.05) is 0 Å². The summed E-state index contributed by atoms with van der Waals surface area (Å²) in [6.45, 7) is -1.63.